The summed E-state index contributed by atoms with van der Waals surface area (Å²) in [6.07, 6.45) is 4.56. The lowest BCUT2D eigenvalue weighted by molar-refractivity contribution is 0.627. The molecule has 2 aromatic rings. The van der Waals surface area contributed by atoms with Gasteiger partial charge in [-0.1, -0.05) is 0 Å². The largest absolute Gasteiger partial charge is 0.384 e. The maximum absolute atomic E-state index is 12.9. The van der Waals surface area contributed by atoms with Gasteiger partial charge in [0.15, 0.2) is 0 Å². The van der Waals surface area contributed by atoms with Crippen molar-refractivity contribution in [2.24, 2.45) is 7.05 Å². The first-order chi connectivity index (χ1) is 8.16. The van der Waals surface area contributed by atoms with Gasteiger partial charge >= 0.3 is 0 Å². The zero-order valence-electron chi connectivity index (χ0n) is 9.45. The normalized spacial score (nSPS) is 10.5. The van der Waals surface area contributed by atoms with E-state index in [0.29, 0.717) is 0 Å². The van der Waals surface area contributed by atoms with Crippen molar-refractivity contribution in [2.45, 2.75) is 6.42 Å². The number of hydrogen-bond donors (Lipinski definition) is 1. The monoisotopic (exact) mass is 345 g/mol. The Balaban J connectivity index is 1.92. The molecule has 17 heavy (non-hydrogen) atoms. The van der Waals surface area contributed by atoms with Gasteiger partial charge in [-0.25, -0.2) is 9.37 Å². The van der Waals surface area contributed by atoms with E-state index in [-0.39, 0.29) is 5.82 Å². The maximum Gasteiger partial charge on any atom is 0.124 e. The zero-order chi connectivity index (χ0) is 12.3. The van der Waals surface area contributed by atoms with Gasteiger partial charge < -0.3 is 9.88 Å². The molecular weight excluding hydrogens is 332 g/mol. The number of imidazole rings is 1. The predicted molar refractivity (Wildman–Crippen MR) is 74.5 cm³/mol. The fraction of sp³-hybridized carbons (Fsp3) is 0.250. The van der Waals surface area contributed by atoms with Gasteiger partial charge in [0, 0.05) is 41.7 Å². The van der Waals surface area contributed by atoms with E-state index in [0.717, 1.165) is 28.0 Å². The second-order valence-electron chi connectivity index (χ2n) is 3.76. The number of benzene rings is 1. The maximum atomic E-state index is 12.9. The number of rotatable bonds is 4. The van der Waals surface area contributed by atoms with E-state index in [1.165, 1.54) is 12.1 Å². The molecule has 0 aliphatic heterocycles. The highest BCUT2D eigenvalue weighted by Gasteiger charge is 2.02. The number of nitrogens with one attached hydrogen (secondary N) is 1. The Bertz CT molecular complexity index is 510. The molecule has 0 amide bonds. The minimum Gasteiger partial charge on any atom is -0.384 e. The van der Waals surface area contributed by atoms with Gasteiger partial charge in [0.2, 0.25) is 0 Å². The summed E-state index contributed by atoms with van der Waals surface area (Å²) >= 11 is 2.12. The van der Waals surface area contributed by atoms with Crippen LogP contribution in [-0.2, 0) is 13.5 Å². The molecule has 0 saturated heterocycles. The minimum atomic E-state index is -0.205. The Kier molecular flexibility index (Phi) is 3.98. The van der Waals surface area contributed by atoms with Crippen molar-refractivity contribution in [3.8, 4) is 0 Å². The molecule has 0 fully saturated rings. The third kappa shape index (κ3) is 3.18. The van der Waals surface area contributed by atoms with Crippen molar-refractivity contribution in [1.82, 2.24) is 9.55 Å². The molecule has 0 atom stereocenters. The van der Waals surface area contributed by atoms with Crippen LogP contribution in [0, 0.1) is 9.39 Å². The van der Waals surface area contributed by atoms with Gasteiger partial charge in [0.1, 0.15) is 11.6 Å². The Hall–Kier alpha value is -1.11. The Morgan fingerprint density at radius 1 is 1.47 bits per heavy atom. The third-order valence-corrected chi connectivity index (χ3v) is 3.41. The number of aryl methyl sites for hydroxylation is 1. The Morgan fingerprint density at radius 2 is 2.29 bits per heavy atom. The highest BCUT2D eigenvalue weighted by Crippen LogP contribution is 2.18. The van der Waals surface area contributed by atoms with Gasteiger partial charge in [0.05, 0.1) is 0 Å². The van der Waals surface area contributed by atoms with E-state index in [1.54, 1.807) is 12.3 Å². The van der Waals surface area contributed by atoms with Crippen molar-refractivity contribution in [2.75, 3.05) is 11.9 Å². The average Bonchev–Trinajstić information content (AvgIpc) is 2.68. The van der Waals surface area contributed by atoms with Crippen LogP contribution in [0.1, 0.15) is 5.82 Å². The average molecular weight is 345 g/mol. The highest BCUT2D eigenvalue weighted by atomic mass is 127. The summed E-state index contributed by atoms with van der Waals surface area (Å²) in [5.41, 5.74) is 0.959. The first-order valence-corrected chi connectivity index (χ1v) is 6.40. The van der Waals surface area contributed by atoms with Crippen molar-refractivity contribution in [1.29, 1.82) is 0 Å². The molecule has 0 aliphatic carbocycles. The lowest BCUT2D eigenvalue weighted by Crippen LogP contribution is -2.09. The van der Waals surface area contributed by atoms with E-state index < -0.39 is 0 Å². The summed E-state index contributed by atoms with van der Waals surface area (Å²) in [6.45, 7) is 0.784. The lowest BCUT2D eigenvalue weighted by Gasteiger charge is -2.08. The van der Waals surface area contributed by atoms with Crippen LogP contribution in [0.2, 0.25) is 0 Å². The molecule has 3 nitrogen and oxygen atoms in total. The summed E-state index contributed by atoms with van der Waals surface area (Å²) in [5, 5.41) is 3.28. The van der Waals surface area contributed by atoms with E-state index in [2.05, 4.69) is 32.9 Å². The van der Waals surface area contributed by atoms with Crippen LogP contribution in [0.4, 0.5) is 10.1 Å². The standard InChI is InChI=1S/C12H13FIN3/c1-17-7-6-16-12(17)4-5-15-11-3-2-9(13)8-10(11)14/h2-3,6-8,15H,4-5H2,1H3. The molecule has 0 radical (unpaired) electrons. The van der Waals surface area contributed by atoms with Crippen LogP contribution in [0.5, 0.6) is 0 Å². The summed E-state index contributed by atoms with van der Waals surface area (Å²) in [6, 6.07) is 4.74. The molecule has 0 unspecified atom stereocenters. The van der Waals surface area contributed by atoms with Crippen molar-refractivity contribution in [3.05, 3.63) is 45.8 Å². The number of hydrogen-bond acceptors (Lipinski definition) is 2. The molecule has 0 saturated carbocycles. The predicted octanol–water partition coefficient (Wildman–Crippen LogP) is 2.82. The van der Waals surface area contributed by atoms with Gasteiger partial charge in [-0.2, -0.15) is 0 Å². The SMILES string of the molecule is Cn1ccnc1CCNc1ccc(F)cc1I. The molecule has 0 spiro atoms. The van der Waals surface area contributed by atoms with Crippen molar-refractivity contribution >= 4 is 28.3 Å². The third-order valence-electron chi connectivity index (χ3n) is 2.52. The summed E-state index contributed by atoms with van der Waals surface area (Å²) in [4.78, 5) is 4.24. The number of nitrogens with zero attached hydrogens (tertiary/aromatic N) is 2. The first-order valence-electron chi connectivity index (χ1n) is 5.32. The second-order valence-corrected chi connectivity index (χ2v) is 4.92. The summed E-state index contributed by atoms with van der Waals surface area (Å²) in [7, 11) is 1.98. The fourth-order valence-electron chi connectivity index (χ4n) is 1.58. The molecule has 5 heteroatoms. The van der Waals surface area contributed by atoms with E-state index in [4.69, 9.17) is 0 Å². The Labute approximate surface area is 113 Å². The molecule has 0 bridgehead atoms. The van der Waals surface area contributed by atoms with Crippen LogP contribution >= 0.6 is 22.6 Å². The van der Waals surface area contributed by atoms with E-state index in [9.17, 15) is 4.39 Å². The number of anilines is 1. The molecule has 1 aromatic heterocycles. The molecule has 0 aliphatic rings. The number of aromatic nitrogens is 2. The highest BCUT2D eigenvalue weighted by molar-refractivity contribution is 14.1. The summed E-state index contributed by atoms with van der Waals surface area (Å²) < 4.78 is 15.8. The number of halogens is 2. The molecule has 2 rings (SSSR count). The fourth-order valence-corrected chi connectivity index (χ4v) is 2.25. The molecule has 1 aromatic carbocycles. The molecule has 1 heterocycles. The van der Waals surface area contributed by atoms with Crippen molar-refractivity contribution < 1.29 is 4.39 Å². The van der Waals surface area contributed by atoms with Gasteiger partial charge in [-0.05, 0) is 40.8 Å². The topological polar surface area (TPSA) is 29.9 Å². The summed E-state index contributed by atoms with van der Waals surface area (Å²) in [5.74, 6) is 0.832. The van der Waals surface area contributed by atoms with Crippen LogP contribution in [0.25, 0.3) is 0 Å². The first kappa shape index (κ1) is 12.3. The zero-order valence-corrected chi connectivity index (χ0v) is 11.6. The quantitative estimate of drug-likeness (QED) is 0.864. The molecular formula is C12H13FIN3. The molecule has 90 valence electrons. The lowest BCUT2D eigenvalue weighted by atomic mass is 10.3. The van der Waals surface area contributed by atoms with Crippen LogP contribution < -0.4 is 5.32 Å². The van der Waals surface area contributed by atoms with Crippen molar-refractivity contribution in [3.63, 3.8) is 0 Å². The Morgan fingerprint density at radius 3 is 2.94 bits per heavy atom. The minimum absolute atomic E-state index is 0.205. The van der Waals surface area contributed by atoms with Gasteiger partial charge in [-0.3, -0.25) is 0 Å². The van der Waals surface area contributed by atoms with E-state index >= 15 is 0 Å². The van der Waals surface area contributed by atoms with Crippen LogP contribution in [0.15, 0.2) is 30.6 Å². The smallest absolute Gasteiger partial charge is 0.124 e. The van der Waals surface area contributed by atoms with Gasteiger partial charge in [0.25, 0.3) is 0 Å². The molecule has 1 N–H and O–H groups in total. The van der Waals surface area contributed by atoms with Gasteiger partial charge in [-0.15, -0.1) is 0 Å². The van der Waals surface area contributed by atoms with Crippen LogP contribution in [0.3, 0.4) is 0 Å². The van der Waals surface area contributed by atoms with E-state index in [1.807, 2.05) is 17.8 Å². The van der Waals surface area contributed by atoms with Crippen LogP contribution in [-0.4, -0.2) is 16.1 Å². The second kappa shape index (κ2) is 5.48.